The van der Waals surface area contributed by atoms with Crippen LogP contribution >= 0.6 is 11.6 Å². The van der Waals surface area contributed by atoms with Gasteiger partial charge in [0.05, 0.1) is 11.9 Å². The monoisotopic (exact) mass is 261 g/mol. The zero-order valence-corrected chi connectivity index (χ0v) is 10.5. The first kappa shape index (κ1) is 12.4. The van der Waals surface area contributed by atoms with Crippen LogP contribution in [0.3, 0.4) is 0 Å². The fraction of sp³-hybridized carbons (Fsp3) is 0.0769. The van der Waals surface area contributed by atoms with Crippen LogP contribution < -0.4 is 10.6 Å². The highest BCUT2D eigenvalue weighted by atomic mass is 35.5. The van der Waals surface area contributed by atoms with E-state index in [4.69, 9.17) is 11.6 Å². The van der Waals surface area contributed by atoms with Gasteiger partial charge in [-0.3, -0.25) is 4.98 Å². The number of hydrogen-bond donors (Lipinski definition) is 2. The molecule has 0 aliphatic rings. The van der Waals surface area contributed by atoms with Crippen molar-refractivity contribution >= 4 is 29.0 Å². The lowest BCUT2D eigenvalue weighted by molar-refractivity contribution is 0.262. The average molecular weight is 262 g/mol. The predicted molar refractivity (Wildman–Crippen MR) is 73.1 cm³/mol. The maximum absolute atomic E-state index is 11.7. The Morgan fingerprint density at radius 1 is 1.11 bits per heavy atom. The molecule has 2 rings (SSSR count). The van der Waals surface area contributed by atoms with Crippen LogP contribution in [0, 0.1) is 6.92 Å². The number of aromatic nitrogens is 1. The van der Waals surface area contributed by atoms with E-state index < -0.39 is 0 Å². The van der Waals surface area contributed by atoms with Crippen LogP contribution in [0.5, 0.6) is 0 Å². The molecule has 5 heteroatoms. The molecular formula is C13H12ClN3O. The van der Waals surface area contributed by atoms with Gasteiger partial charge in [0.25, 0.3) is 0 Å². The smallest absolute Gasteiger partial charge is 0.308 e. The van der Waals surface area contributed by atoms with E-state index in [1.54, 1.807) is 36.7 Å². The number of rotatable bonds is 2. The fourth-order valence-corrected chi connectivity index (χ4v) is 1.58. The second-order valence-electron chi connectivity index (χ2n) is 3.84. The van der Waals surface area contributed by atoms with E-state index in [0.29, 0.717) is 16.4 Å². The molecule has 0 aliphatic carbocycles. The van der Waals surface area contributed by atoms with Crippen LogP contribution in [-0.2, 0) is 0 Å². The van der Waals surface area contributed by atoms with Crippen LogP contribution in [0.4, 0.5) is 16.2 Å². The largest absolute Gasteiger partial charge is 0.323 e. The molecule has 2 aromatic rings. The first-order chi connectivity index (χ1) is 8.63. The molecule has 0 atom stereocenters. The Morgan fingerprint density at radius 3 is 2.44 bits per heavy atom. The maximum Gasteiger partial charge on any atom is 0.323 e. The Morgan fingerprint density at radius 2 is 1.78 bits per heavy atom. The van der Waals surface area contributed by atoms with E-state index in [9.17, 15) is 4.79 Å². The molecule has 2 amide bonds. The van der Waals surface area contributed by atoms with Crippen LogP contribution in [0.1, 0.15) is 5.56 Å². The van der Waals surface area contributed by atoms with Crippen molar-refractivity contribution in [1.29, 1.82) is 0 Å². The minimum Gasteiger partial charge on any atom is -0.308 e. The average Bonchev–Trinajstić information content (AvgIpc) is 2.32. The lowest BCUT2D eigenvalue weighted by atomic mass is 10.3. The first-order valence-electron chi connectivity index (χ1n) is 5.39. The molecule has 0 saturated carbocycles. The molecule has 0 saturated heterocycles. The Balaban J connectivity index is 1.98. The zero-order valence-electron chi connectivity index (χ0n) is 9.77. The zero-order chi connectivity index (χ0) is 13.0. The van der Waals surface area contributed by atoms with Crippen LogP contribution in [0.2, 0.25) is 5.02 Å². The van der Waals surface area contributed by atoms with Crippen molar-refractivity contribution in [2.24, 2.45) is 0 Å². The summed E-state index contributed by atoms with van der Waals surface area (Å²) in [6.07, 6.45) is 3.32. The molecule has 92 valence electrons. The molecule has 0 aliphatic heterocycles. The van der Waals surface area contributed by atoms with Gasteiger partial charge in [0.1, 0.15) is 0 Å². The van der Waals surface area contributed by atoms with Crippen molar-refractivity contribution < 1.29 is 4.79 Å². The summed E-state index contributed by atoms with van der Waals surface area (Å²) in [5.74, 6) is 0. The summed E-state index contributed by atoms with van der Waals surface area (Å²) in [4.78, 5) is 15.7. The van der Waals surface area contributed by atoms with Crippen molar-refractivity contribution in [2.45, 2.75) is 6.92 Å². The van der Waals surface area contributed by atoms with Gasteiger partial charge in [-0.15, -0.1) is 0 Å². The number of carbonyl (C=O) groups is 1. The summed E-state index contributed by atoms with van der Waals surface area (Å²) in [6.45, 7) is 1.91. The molecule has 4 nitrogen and oxygen atoms in total. The summed E-state index contributed by atoms with van der Waals surface area (Å²) < 4.78 is 0. The number of amides is 2. The van der Waals surface area contributed by atoms with Gasteiger partial charge in [-0.05, 0) is 42.8 Å². The van der Waals surface area contributed by atoms with Gasteiger partial charge in [0.15, 0.2) is 0 Å². The molecule has 2 N–H and O–H groups in total. The second kappa shape index (κ2) is 5.51. The van der Waals surface area contributed by atoms with Crippen molar-refractivity contribution in [1.82, 2.24) is 4.98 Å². The fourth-order valence-electron chi connectivity index (χ4n) is 1.45. The molecule has 0 bridgehead atoms. The first-order valence-corrected chi connectivity index (χ1v) is 5.76. The molecule has 0 unspecified atom stereocenters. The number of pyridine rings is 1. The third-order valence-corrected chi connectivity index (χ3v) is 2.49. The highest BCUT2D eigenvalue weighted by molar-refractivity contribution is 6.30. The van der Waals surface area contributed by atoms with Gasteiger partial charge in [0, 0.05) is 16.9 Å². The lowest BCUT2D eigenvalue weighted by Gasteiger charge is -2.07. The molecule has 18 heavy (non-hydrogen) atoms. The number of halogens is 1. The topological polar surface area (TPSA) is 54.0 Å². The Labute approximate surface area is 110 Å². The highest BCUT2D eigenvalue weighted by Crippen LogP contribution is 2.14. The van der Waals surface area contributed by atoms with Gasteiger partial charge >= 0.3 is 6.03 Å². The number of anilines is 2. The minimum absolute atomic E-state index is 0.315. The Hall–Kier alpha value is -2.07. The number of benzene rings is 1. The molecule has 1 aromatic carbocycles. The van der Waals surface area contributed by atoms with E-state index >= 15 is 0 Å². The van der Waals surface area contributed by atoms with Crippen molar-refractivity contribution in [3.05, 3.63) is 53.3 Å². The summed E-state index contributed by atoms with van der Waals surface area (Å²) in [5, 5.41) is 6.03. The van der Waals surface area contributed by atoms with Crippen LogP contribution in [-0.4, -0.2) is 11.0 Å². The molecule has 1 aromatic heterocycles. The molecular weight excluding hydrogens is 250 g/mol. The van der Waals surface area contributed by atoms with E-state index in [-0.39, 0.29) is 6.03 Å². The van der Waals surface area contributed by atoms with E-state index in [0.717, 1.165) is 5.56 Å². The molecule has 0 fully saturated rings. The number of urea groups is 1. The molecule has 0 radical (unpaired) electrons. The lowest BCUT2D eigenvalue weighted by Crippen LogP contribution is -2.19. The van der Waals surface area contributed by atoms with Gasteiger partial charge in [0.2, 0.25) is 0 Å². The number of nitrogens with zero attached hydrogens (tertiary/aromatic N) is 1. The number of hydrogen-bond acceptors (Lipinski definition) is 2. The molecule has 0 spiro atoms. The number of nitrogens with one attached hydrogen (secondary N) is 2. The highest BCUT2D eigenvalue weighted by Gasteiger charge is 2.02. The minimum atomic E-state index is -0.315. The van der Waals surface area contributed by atoms with Gasteiger partial charge < -0.3 is 10.6 Å². The van der Waals surface area contributed by atoms with E-state index in [1.807, 2.05) is 13.0 Å². The van der Waals surface area contributed by atoms with E-state index in [2.05, 4.69) is 15.6 Å². The van der Waals surface area contributed by atoms with Gasteiger partial charge in [-0.2, -0.15) is 0 Å². The van der Waals surface area contributed by atoms with Gasteiger partial charge in [-0.1, -0.05) is 11.6 Å². The Kier molecular flexibility index (Phi) is 3.79. The standard InChI is InChI=1S/C13H12ClN3O/c1-9-6-12(8-15-7-9)17-13(18)16-11-4-2-10(14)3-5-11/h2-8H,1H3,(H2,16,17,18). The normalized spacial score (nSPS) is 9.89. The SMILES string of the molecule is Cc1cncc(NC(=O)Nc2ccc(Cl)cc2)c1. The summed E-state index contributed by atoms with van der Waals surface area (Å²) >= 11 is 5.76. The van der Waals surface area contributed by atoms with E-state index in [1.165, 1.54) is 0 Å². The van der Waals surface area contributed by atoms with Crippen molar-refractivity contribution in [2.75, 3.05) is 10.6 Å². The number of aryl methyl sites for hydroxylation is 1. The maximum atomic E-state index is 11.7. The van der Waals surface area contributed by atoms with Crippen LogP contribution in [0.25, 0.3) is 0 Å². The van der Waals surface area contributed by atoms with Crippen molar-refractivity contribution in [3.8, 4) is 0 Å². The summed E-state index contributed by atoms with van der Waals surface area (Å²) in [5.41, 5.74) is 2.32. The summed E-state index contributed by atoms with van der Waals surface area (Å²) in [7, 11) is 0. The molecule has 1 heterocycles. The summed E-state index contributed by atoms with van der Waals surface area (Å²) in [6, 6.07) is 8.42. The third-order valence-electron chi connectivity index (χ3n) is 2.23. The number of carbonyl (C=O) groups excluding carboxylic acids is 1. The Bertz CT molecular complexity index is 554. The van der Waals surface area contributed by atoms with Crippen molar-refractivity contribution in [3.63, 3.8) is 0 Å². The van der Waals surface area contributed by atoms with Crippen LogP contribution in [0.15, 0.2) is 42.7 Å². The second-order valence-corrected chi connectivity index (χ2v) is 4.27. The van der Waals surface area contributed by atoms with Gasteiger partial charge in [-0.25, -0.2) is 4.79 Å². The predicted octanol–water partition coefficient (Wildman–Crippen LogP) is 3.69. The quantitative estimate of drug-likeness (QED) is 0.866. The third kappa shape index (κ3) is 3.46.